The van der Waals surface area contributed by atoms with E-state index in [-0.39, 0.29) is 17.2 Å². The minimum Gasteiger partial charge on any atom is -0.411 e. The minimum atomic E-state index is -2.02. The predicted molar refractivity (Wildman–Crippen MR) is 72.9 cm³/mol. The van der Waals surface area contributed by atoms with Crippen molar-refractivity contribution in [3.05, 3.63) is 0 Å². The summed E-state index contributed by atoms with van der Waals surface area (Å²) in [6.07, 6.45) is -1.04. The summed E-state index contributed by atoms with van der Waals surface area (Å²) in [4.78, 5) is 11.5. The summed E-state index contributed by atoms with van der Waals surface area (Å²) in [5.74, 6) is -0.296. The zero-order valence-corrected chi connectivity index (χ0v) is 13.3. The number of Topliss-reactive ketones (excluding diaryl/α,β-unsaturated/α-hetero) is 1. The molecule has 0 amide bonds. The number of aliphatic hydroxyl groups excluding tert-OH is 1. The van der Waals surface area contributed by atoms with Crippen molar-refractivity contribution in [1.82, 2.24) is 0 Å². The lowest BCUT2D eigenvalue weighted by atomic mass is 9.80. The lowest BCUT2D eigenvalue weighted by Gasteiger charge is -2.46. The number of hydrogen-bond acceptors (Lipinski definition) is 4. The fraction of sp³-hybridized carbons (Fsp3) is 0.923. The van der Waals surface area contributed by atoms with E-state index in [1.54, 1.807) is 0 Å². The molecule has 4 nitrogen and oxygen atoms in total. The van der Waals surface area contributed by atoms with Crippen LogP contribution in [0.3, 0.4) is 0 Å². The van der Waals surface area contributed by atoms with E-state index < -0.39 is 26.1 Å². The lowest BCUT2D eigenvalue weighted by Crippen LogP contribution is -2.60. The second-order valence-corrected chi connectivity index (χ2v) is 11.8. The number of rotatable bonds is 2. The van der Waals surface area contributed by atoms with Crippen LogP contribution in [0.2, 0.25) is 18.1 Å². The molecule has 106 valence electrons. The van der Waals surface area contributed by atoms with E-state index in [9.17, 15) is 15.0 Å². The Morgan fingerprint density at radius 2 is 1.89 bits per heavy atom. The maximum Gasteiger partial charge on any atom is 0.192 e. The minimum absolute atomic E-state index is 0.0372. The first-order chi connectivity index (χ1) is 7.89. The van der Waals surface area contributed by atoms with E-state index in [4.69, 9.17) is 4.43 Å². The normalized spacial score (nSPS) is 34.8. The molecule has 0 aromatic heterocycles. The van der Waals surface area contributed by atoms with Gasteiger partial charge in [0, 0.05) is 6.42 Å². The largest absolute Gasteiger partial charge is 0.411 e. The molecule has 2 N–H and O–H groups in total. The van der Waals surface area contributed by atoms with E-state index in [0.29, 0.717) is 6.42 Å². The highest BCUT2D eigenvalue weighted by molar-refractivity contribution is 6.74. The average molecular weight is 274 g/mol. The SMILES string of the molecule is CC(C)(C)[Si](C)(C)O[C@@H]1CCC(=O)[C@@H](O)[C@@]1(C)O. The van der Waals surface area contributed by atoms with Crippen molar-refractivity contribution in [2.45, 2.75) is 76.5 Å². The molecule has 0 saturated heterocycles. The Morgan fingerprint density at radius 1 is 1.39 bits per heavy atom. The van der Waals surface area contributed by atoms with E-state index in [0.717, 1.165) is 0 Å². The molecule has 1 saturated carbocycles. The van der Waals surface area contributed by atoms with Crippen molar-refractivity contribution >= 4 is 14.1 Å². The van der Waals surface area contributed by atoms with Gasteiger partial charge in [-0.3, -0.25) is 4.79 Å². The van der Waals surface area contributed by atoms with Gasteiger partial charge in [-0.25, -0.2) is 0 Å². The quantitative estimate of drug-likeness (QED) is 0.754. The van der Waals surface area contributed by atoms with Crippen molar-refractivity contribution in [2.24, 2.45) is 0 Å². The molecular weight excluding hydrogens is 248 g/mol. The van der Waals surface area contributed by atoms with Crippen LogP contribution in [0.25, 0.3) is 0 Å². The van der Waals surface area contributed by atoms with Crippen LogP contribution in [-0.2, 0) is 9.22 Å². The molecule has 5 heteroatoms. The maximum atomic E-state index is 11.5. The fourth-order valence-corrected chi connectivity index (χ4v) is 3.34. The van der Waals surface area contributed by atoms with Gasteiger partial charge < -0.3 is 14.6 Å². The highest BCUT2D eigenvalue weighted by Crippen LogP contribution is 2.40. The summed E-state index contributed by atoms with van der Waals surface area (Å²) in [5, 5.41) is 20.2. The second-order valence-electron chi connectivity index (χ2n) is 7.00. The van der Waals surface area contributed by atoms with Crippen LogP contribution in [0.5, 0.6) is 0 Å². The van der Waals surface area contributed by atoms with Crippen LogP contribution in [0.15, 0.2) is 0 Å². The fourth-order valence-electron chi connectivity index (χ4n) is 1.91. The zero-order chi connectivity index (χ0) is 14.4. The van der Waals surface area contributed by atoms with Gasteiger partial charge in [-0.15, -0.1) is 0 Å². The molecule has 0 aromatic rings. The van der Waals surface area contributed by atoms with Crippen molar-refractivity contribution in [3.63, 3.8) is 0 Å². The van der Waals surface area contributed by atoms with Crippen LogP contribution in [-0.4, -0.2) is 42.1 Å². The van der Waals surface area contributed by atoms with Crippen LogP contribution in [0.4, 0.5) is 0 Å². The van der Waals surface area contributed by atoms with Crippen molar-refractivity contribution in [2.75, 3.05) is 0 Å². The Kier molecular flexibility index (Phi) is 4.14. The molecule has 1 aliphatic rings. The molecule has 0 heterocycles. The molecule has 1 aliphatic carbocycles. The van der Waals surface area contributed by atoms with Crippen LogP contribution < -0.4 is 0 Å². The van der Waals surface area contributed by atoms with E-state index in [2.05, 4.69) is 33.9 Å². The Balaban J connectivity index is 2.88. The van der Waals surface area contributed by atoms with E-state index in [1.165, 1.54) is 6.92 Å². The molecular formula is C13H26O4Si. The number of ketones is 1. The van der Waals surface area contributed by atoms with Crippen molar-refractivity contribution in [3.8, 4) is 0 Å². The van der Waals surface area contributed by atoms with Crippen LogP contribution in [0.1, 0.15) is 40.5 Å². The first kappa shape index (κ1) is 15.8. The standard InChI is InChI=1S/C13H26O4Si/c1-12(2,3)18(5,6)17-10-8-7-9(14)11(15)13(10,4)16/h10-11,15-16H,7-8H2,1-6H3/t10-,11-,13+/m1/s1. The zero-order valence-electron chi connectivity index (χ0n) is 12.3. The van der Waals surface area contributed by atoms with Gasteiger partial charge in [0.15, 0.2) is 14.1 Å². The van der Waals surface area contributed by atoms with Crippen LogP contribution in [0, 0.1) is 0 Å². The van der Waals surface area contributed by atoms with Crippen molar-refractivity contribution in [1.29, 1.82) is 0 Å². The summed E-state index contributed by atoms with van der Waals surface area (Å²) < 4.78 is 6.15. The molecule has 0 radical (unpaired) electrons. The Labute approximate surface area is 110 Å². The summed E-state index contributed by atoms with van der Waals surface area (Å²) in [6.45, 7) is 12.1. The van der Waals surface area contributed by atoms with Gasteiger partial charge in [0.05, 0.1) is 6.10 Å². The number of hydrogen-bond donors (Lipinski definition) is 2. The number of carbonyl (C=O) groups excluding carboxylic acids is 1. The lowest BCUT2D eigenvalue weighted by molar-refractivity contribution is -0.169. The Morgan fingerprint density at radius 3 is 2.33 bits per heavy atom. The van der Waals surface area contributed by atoms with Gasteiger partial charge in [0.1, 0.15) is 11.7 Å². The van der Waals surface area contributed by atoms with Gasteiger partial charge in [-0.05, 0) is 31.5 Å². The smallest absolute Gasteiger partial charge is 0.192 e. The molecule has 0 unspecified atom stereocenters. The molecule has 0 bridgehead atoms. The van der Waals surface area contributed by atoms with Crippen molar-refractivity contribution < 1.29 is 19.4 Å². The highest BCUT2D eigenvalue weighted by atomic mass is 28.4. The summed E-state index contributed by atoms with van der Waals surface area (Å²) in [5.41, 5.74) is -1.48. The predicted octanol–water partition coefficient (Wildman–Crippen LogP) is 1.85. The topological polar surface area (TPSA) is 66.8 Å². The first-order valence-electron chi connectivity index (χ1n) is 6.50. The molecule has 3 atom stereocenters. The third-order valence-corrected chi connectivity index (χ3v) is 8.89. The van der Waals surface area contributed by atoms with Crippen LogP contribution >= 0.6 is 0 Å². The molecule has 1 fully saturated rings. The summed E-state index contributed by atoms with van der Waals surface area (Å²) in [6, 6.07) is 0. The summed E-state index contributed by atoms with van der Waals surface area (Å²) in [7, 11) is -2.02. The first-order valence-corrected chi connectivity index (χ1v) is 9.41. The monoisotopic (exact) mass is 274 g/mol. The molecule has 0 aliphatic heterocycles. The molecule has 18 heavy (non-hydrogen) atoms. The second kappa shape index (κ2) is 4.70. The van der Waals surface area contributed by atoms with Gasteiger partial charge in [-0.1, -0.05) is 20.8 Å². The molecule has 0 spiro atoms. The van der Waals surface area contributed by atoms with Gasteiger partial charge in [0.2, 0.25) is 0 Å². The number of aliphatic hydroxyl groups is 2. The Bertz CT molecular complexity index is 330. The third kappa shape index (κ3) is 2.84. The van der Waals surface area contributed by atoms with Gasteiger partial charge in [-0.2, -0.15) is 0 Å². The third-order valence-electron chi connectivity index (χ3n) is 4.41. The Hall–Kier alpha value is -0.233. The van der Waals surface area contributed by atoms with E-state index >= 15 is 0 Å². The molecule has 0 aromatic carbocycles. The van der Waals surface area contributed by atoms with Gasteiger partial charge in [0.25, 0.3) is 0 Å². The van der Waals surface area contributed by atoms with Gasteiger partial charge >= 0.3 is 0 Å². The maximum absolute atomic E-state index is 11.5. The number of carbonyl (C=O) groups is 1. The van der Waals surface area contributed by atoms with E-state index in [1.807, 2.05) is 0 Å². The highest BCUT2D eigenvalue weighted by Gasteiger charge is 2.50. The average Bonchev–Trinajstić information content (AvgIpc) is 2.18. The summed E-state index contributed by atoms with van der Waals surface area (Å²) >= 11 is 0. The molecule has 1 rings (SSSR count).